The molecule has 0 saturated heterocycles. The summed E-state index contributed by atoms with van der Waals surface area (Å²) in [7, 11) is 0. The first kappa shape index (κ1) is 18.4. The van der Waals surface area contributed by atoms with E-state index >= 15 is 0 Å². The van der Waals surface area contributed by atoms with Gasteiger partial charge in [-0.15, -0.1) is 0 Å². The van der Waals surface area contributed by atoms with Gasteiger partial charge in [-0.3, -0.25) is 4.79 Å². The van der Waals surface area contributed by atoms with Crippen LogP contribution in [0.25, 0.3) is 22.3 Å². The molecular formula is C23H18N2O4. The van der Waals surface area contributed by atoms with Gasteiger partial charge in [-0.1, -0.05) is 48.5 Å². The smallest absolute Gasteiger partial charge is 0.298 e. The number of hydrogen-bond acceptors (Lipinski definition) is 4. The lowest BCUT2D eigenvalue weighted by molar-refractivity contribution is -0.452. The van der Waals surface area contributed by atoms with Crippen molar-refractivity contribution in [2.75, 3.05) is 6.61 Å². The van der Waals surface area contributed by atoms with Crippen LogP contribution < -0.4 is 9.16 Å². The molecule has 6 nitrogen and oxygen atoms in total. The van der Waals surface area contributed by atoms with Gasteiger partial charge in [0.2, 0.25) is 5.78 Å². The van der Waals surface area contributed by atoms with Crippen LogP contribution in [-0.2, 0) is 0 Å². The van der Waals surface area contributed by atoms with Crippen LogP contribution in [0.2, 0.25) is 0 Å². The minimum Gasteiger partial charge on any atom is -0.805 e. The van der Waals surface area contributed by atoms with Gasteiger partial charge in [0.1, 0.15) is 11.3 Å². The van der Waals surface area contributed by atoms with E-state index in [4.69, 9.17) is 4.74 Å². The Labute approximate surface area is 166 Å². The summed E-state index contributed by atoms with van der Waals surface area (Å²) in [5, 5.41) is 13.3. The Morgan fingerprint density at radius 3 is 2.31 bits per heavy atom. The molecule has 144 valence electrons. The van der Waals surface area contributed by atoms with Crippen molar-refractivity contribution in [1.82, 2.24) is 4.73 Å². The van der Waals surface area contributed by atoms with Crippen LogP contribution in [0.1, 0.15) is 23.0 Å². The fraction of sp³-hybridized carbons (Fsp3) is 0.0870. The Morgan fingerprint density at radius 2 is 1.66 bits per heavy atom. The molecule has 0 bridgehead atoms. The third-order valence-electron chi connectivity index (χ3n) is 4.62. The minimum absolute atomic E-state index is 0.0195. The van der Waals surface area contributed by atoms with E-state index in [0.717, 1.165) is 0 Å². The maximum absolute atomic E-state index is 13.3. The van der Waals surface area contributed by atoms with Crippen molar-refractivity contribution in [2.24, 2.45) is 0 Å². The second-order valence-corrected chi connectivity index (χ2v) is 6.43. The highest BCUT2D eigenvalue weighted by atomic mass is 16.5. The molecule has 0 radical (unpaired) electrons. The molecule has 0 aliphatic rings. The molecule has 0 atom stereocenters. The average molecular weight is 386 g/mol. The summed E-state index contributed by atoms with van der Waals surface area (Å²) in [6.07, 6.45) is 0. The van der Waals surface area contributed by atoms with Crippen LogP contribution >= 0.6 is 0 Å². The molecular weight excluding hydrogens is 368 g/mol. The Balaban J connectivity index is 2.09. The van der Waals surface area contributed by atoms with Crippen LogP contribution in [0, 0.1) is 10.1 Å². The van der Waals surface area contributed by atoms with Gasteiger partial charge in [0.15, 0.2) is 5.69 Å². The van der Waals surface area contributed by atoms with Crippen LogP contribution in [-0.4, -0.2) is 17.1 Å². The molecule has 1 heterocycles. The highest BCUT2D eigenvalue weighted by molar-refractivity contribution is 6.11. The summed E-state index contributed by atoms with van der Waals surface area (Å²) in [6.45, 7) is 2.24. The van der Waals surface area contributed by atoms with Crippen molar-refractivity contribution in [2.45, 2.75) is 6.92 Å². The molecule has 0 unspecified atom stereocenters. The van der Waals surface area contributed by atoms with Crippen molar-refractivity contribution in [1.29, 1.82) is 0 Å². The number of ketones is 1. The summed E-state index contributed by atoms with van der Waals surface area (Å²) in [5.41, 5.74) is 0.846. The van der Waals surface area contributed by atoms with E-state index in [9.17, 15) is 14.9 Å². The average Bonchev–Trinajstić information content (AvgIpc) is 2.77. The first-order chi connectivity index (χ1) is 14.1. The number of fused-ring (bicyclic) bond motifs is 1. The molecule has 0 spiro atoms. The quantitative estimate of drug-likeness (QED) is 0.380. The van der Waals surface area contributed by atoms with Crippen molar-refractivity contribution in [3.05, 3.63) is 100 Å². The first-order valence-corrected chi connectivity index (χ1v) is 9.22. The molecule has 6 heteroatoms. The van der Waals surface area contributed by atoms with E-state index in [0.29, 0.717) is 32.6 Å². The number of rotatable bonds is 5. The third-order valence-corrected chi connectivity index (χ3v) is 4.62. The fourth-order valence-corrected chi connectivity index (χ4v) is 3.30. The normalized spacial score (nSPS) is 10.8. The summed E-state index contributed by atoms with van der Waals surface area (Å²) in [5.74, 6) is -0.0667. The molecule has 0 aliphatic heterocycles. The monoisotopic (exact) mass is 386 g/mol. The Hall–Kier alpha value is -3.93. The lowest BCUT2D eigenvalue weighted by Gasteiger charge is -2.19. The topological polar surface area (TPSA) is 77.3 Å². The molecule has 3 aromatic carbocycles. The SMILES string of the molecule is CCOc1ccc2c(c1)n([O-])c(C(=O)c1ccccc1)c(-c1ccccc1)[n+]2=O. The van der Waals surface area contributed by atoms with Gasteiger partial charge in [0.25, 0.3) is 11.2 Å². The van der Waals surface area contributed by atoms with Crippen molar-refractivity contribution in [3.8, 4) is 17.0 Å². The maximum Gasteiger partial charge on any atom is 0.298 e. The number of aromatic nitrogens is 2. The molecule has 29 heavy (non-hydrogen) atoms. The van der Waals surface area contributed by atoms with Gasteiger partial charge < -0.3 is 14.7 Å². The molecule has 0 N–H and O–H groups in total. The molecule has 0 amide bonds. The summed E-state index contributed by atoms with van der Waals surface area (Å²) >= 11 is 0. The first-order valence-electron chi connectivity index (χ1n) is 9.22. The van der Waals surface area contributed by atoms with E-state index in [2.05, 4.69) is 0 Å². The van der Waals surface area contributed by atoms with Gasteiger partial charge in [-0.05, 0) is 25.1 Å². The zero-order valence-electron chi connectivity index (χ0n) is 15.7. The van der Waals surface area contributed by atoms with Crippen LogP contribution in [0.5, 0.6) is 5.75 Å². The summed E-state index contributed by atoms with van der Waals surface area (Å²) in [6, 6.07) is 21.8. The largest absolute Gasteiger partial charge is 0.805 e. The van der Waals surface area contributed by atoms with Crippen molar-refractivity contribution >= 4 is 16.8 Å². The number of carbonyl (C=O) groups is 1. The van der Waals surface area contributed by atoms with Crippen LogP contribution in [0.15, 0.2) is 78.9 Å². The number of ether oxygens (including phenoxy) is 1. The third kappa shape index (κ3) is 3.25. The van der Waals surface area contributed by atoms with Gasteiger partial charge in [0, 0.05) is 22.6 Å². The van der Waals surface area contributed by atoms with Crippen LogP contribution in [0.4, 0.5) is 0 Å². The lowest BCUT2D eigenvalue weighted by atomic mass is 10.0. The lowest BCUT2D eigenvalue weighted by Crippen LogP contribution is -2.27. The Morgan fingerprint density at radius 1 is 1.00 bits per heavy atom. The van der Waals surface area contributed by atoms with E-state index in [-0.39, 0.29) is 22.4 Å². The van der Waals surface area contributed by atoms with Crippen molar-refractivity contribution < 1.29 is 14.0 Å². The second kappa shape index (κ2) is 7.59. The zero-order chi connectivity index (χ0) is 20.4. The molecule has 0 aliphatic carbocycles. The molecule has 0 fully saturated rings. The van der Waals surface area contributed by atoms with Gasteiger partial charge in [-0.25, -0.2) is 0 Å². The Kier molecular flexibility index (Phi) is 4.83. The van der Waals surface area contributed by atoms with Crippen molar-refractivity contribution in [3.63, 3.8) is 0 Å². The fourth-order valence-electron chi connectivity index (χ4n) is 3.30. The van der Waals surface area contributed by atoms with Gasteiger partial charge in [0.05, 0.1) is 16.6 Å². The van der Waals surface area contributed by atoms with E-state index < -0.39 is 5.78 Å². The molecule has 4 rings (SSSR count). The van der Waals surface area contributed by atoms with E-state index in [1.165, 1.54) is 12.1 Å². The molecule has 4 aromatic rings. The Bertz CT molecular complexity index is 1250. The van der Waals surface area contributed by atoms with E-state index in [1.54, 1.807) is 66.7 Å². The zero-order valence-corrected chi connectivity index (χ0v) is 15.7. The number of hydrogen-bond donors (Lipinski definition) is 0. The van der Waals surface area contributed by atoms with Gasteiger partial charge >= 0.3 is 0 Å². The highest BCUT2D eigenvalue weighted by Crippen LogP contribution is 2.27. The summed E-state index contributed by atoms with van der Waals surface area (Å²) in [4.78, 5) is 26.5. The predicted molar refractivity (Wildman–Crippen MR) is 111 cm³/mol. The number of carbonyl (C=O) groups excluding carboxylic acids is 1. The number of nitrogens with zero attached hydrogens (tertiary/aromatic N) is 2. The predicted octanol–water partition coefficient (Wildman–Crippen LogP) is 4.20. The highest BCUT2D eigenvalue weighted by Gasteiger charge is 2.29. The summed E-state index contributed by atoms with van der Waals surface area (Å²) < 4.78 is 6.64. The molecule has 0 saturated carbocycles. The van der Waals surface area contributed by atoms with E-state index in [1.807, 2.05) is 6.92 Å². The second-order valence-electron chi connectivity index (χ2n) is 6.43. The molecule has 1 aromatic heterocycles. The standard InChI is InChI=1S/C23H18N2O4/c1-2-29-18-13-14-19-20(15-18)25(28)22(23(26)17-11-7-4-8-12-17)21(24(19)27)16-9-5-3-6-10-16/h3-15H,2H2,1H3. The number of benzene rings is 3. The maximum atomic E-state index is 13.3. The van der Waals surface area contributed by atoms with Crippen LogP contribution in [0.3, 0.4) is 0 Å². The van der Waals surface area contributed by atoms with Gasteiger partial charge in [-0.2, -0.15) is 0 Å². The minimum atomic E-state index is -0.521.